The highest BCUT2D eigenvalue weighted by Gasteiger charge is 2.12. The van der Waals surface area contributed by atoms with Crippen molar-refractivity contribution in [2.24, 2.45) is 0 Å². The summed E-state index contributed by atoms with van der Waals surface area (Å²) in [6.45, 7) is 10.3. The molecule has 0 saturated heterocycles. The predicted octanol–water partition coefficient (Wildman–Crippen LogP) is 1.30. The first-order valence-electron chi connectivity index (χ1n) is 6.05. The van der Waals surface area contributed by atoms with Crippen LogP contribution < -0.4 is 10.9 Å². The fourth-order valence-electron chi connectivity index (χ4n) is 1.89. The average molecular weight is 238 g/mol. The smallest absolute Gasteiger partial charge is 0.290 e. The van der Waals surface area contributed by atoms with Gasteiger partial charge >= 0.3 is 0 Å². The molecular weight excluding hydrogens is 216 g/mol. The fraction of sp³-hybridized carbons (Fsp3) is 0.667. The Morgan fingerprint density at radius 1 is 1.35 bits per heavy atom. The van der Waals surface area contributed by atoms with Gasteiger partial charge in [-0.2, -0.15) is 0 Å². The molecule has 2 N–H and O–H groups in total. The number of rotatable bonds is 6. The number of nitrogens with zero attached hydrogens (tertiary/aromatic N) is 2. The first kappa shape index (κ1) is 13.7. The molecule has 0 unspecified atom stereocenters. The zero-order valence-corrected chi connectivity index (χ0v) is 11.0. The van der Waals surface area contributed by atoms with E-state index in [2.05, 4.69) is 47.9 Å². The molecule has 0 bridgehead atoms. The van der Waals surface area contributed by atoms with Crippen LogP contribution in [-0.2, 0) is 0 Å². The lowest BCUT2D eigenvalue weighted by molar-refractivity contribution is 0.182. The highest BCUT2D eigenvalue weighted by molar-refractivity contribution is 5.29. The van der Waals surface area contributed by atoms with Crippen molar-refractivity contribution in [1.29, 1.82) is 0 Å². The van der Waals surface area contributed by atoms with Gasteiger partial charge in [0.15, 0.2) is 5.82 Å². The van der Waals surface area contributed by atoms with Crippen LogP contribution in [0.5, 0.6) is 0 Å². The minimum Gasteiger partial charge on any atom is -0.364 e. The molecule has 1 aromatic heterocycles. The Labute approximate surface area is 102 Å². The summed E-state index contributed by atoms with van der Waals surface area (Å²) in [5.41, 5.74) is -0.173. The van der Waals surface area contributed by atoms with Crippen LogP contribution in [0.2, 0.25) is 0 Å². The molecule has 0 aromatic carbocycles. The van der Waals surface area contributed by atoms with E-state index >= 15 is 0 Å². The fourth-order valence-corrected chi connectivity index (χ4v) is 1.89. The van der Waals surface area contributed by atoms with E-state index in [1.165, 1.54) is 6.20 Å². The van der Waals surface area contributed by atoms with E-state index in [-0.39, 0.29) is 5.56 Å². The Hall–Kier alpha value is -1.36. The number of aromatic amines is 1. The molecule has 1 heterocycles. The molecule has 17 heavy (non-hydrogen) atoms. The summed E-state index contributed by atoms with van der Waals surface area (Å²) in [5, 5.41) is 3.06. The summed E-state index contributed by atoms with van der Waals surface area (Å²) in [6, 6.07) is 0.998. The van der Waals surface area contributed by atoms with Gasteiger partial charge in [0.1, 0.15) is 0 Å². The Morgan fingerprint density at radius 2 is 2.00 bits per heavy atom. The van der Waals surface area contributed by atoms with Gasteiger partial charge in [0, 0.05) is 37.6 Å². The van der Waals surface area contributed by atoms with Crippen LogP contribution in [0, 0.1) is 0 Å². The zero-order valence-electron chi connectivity index (χ0n) is 11.0. The Bertz CT molecular complexity index is 378. The lowest BCUT2D eigenvalue weighted by atomic mass is 10.2. The van der Waals surface area contributed by atoms with Crippen LogP contribution in [-0.4, -0.2) is 40.0 Å². The van der Waals surface area contributed by atoms with Crippen molar-refractivity contribution < 1.29 is 0 Å². The third-order valence-corrected chi connectivity index (χ3v) is 2.70. The highest BCUT2D eigenvalue weighted by Crippen LogP contribution is 2.03. The lowest BCUT2D eigenvalue weighted by Gasteiger charge is -2.30. The summed E-state index contributed by atoms with van der Waals surface area (Å²) < 4.78 is 0. The van der Waals surface area contributed by atoms with E-state index in [4.69, 9.17) is 0 Å². The molecule has 0 radical (unpaired) electrons. The number of nitrogens with one attached hydrogen (secondary N) is 2. The molecule has 0 spiro atoms. The van der Waals surface area contributed by atoms with Crippen molar-refractivity contribution in [3.8, 4) is 0 Å². The molecule has 0 amide bonds. The van der Waals surface area contributed by atoms with Gasteiger partial charge in [-0.15, -0.1) is 0 Å². The normalized spacial score (nSPS) is 11.5. The second kappa shape index (κ2) is 6.39. The van der Waals surface area contributed by atoms with Crippen molar-refractivity contribution >= 4 is 5.82 Å². The van der Waals surface area contributed by atoms with Gasteiger partial charge in [0.25, 0.3) is 5.56 Å². The molecule has 0 atom stereocenters. The number of hydrogen-bond donors (Lipinski definition) is 2. The van der Waals surface area contributed by atoms with Crippen LogP contribution in [0.4, 0.5) is 5.82 Å². The summed E-state index contributed by atoms with van der Waals surface area (Å²) in [6.07, 6.45) is 3.11. The van der Waals surface area contributed by atoms with Gasteiger partial charge in [-0.1, -0.05) is 0 Å². The molecule has 0 fully saturated rings. The topological polar surface area (TPSA) is 61.0 Å². The van der Waals surface area contributed by atoms with E-state index < -0.39 is 0 Å². The quantitative estimate of drug-likeness (QED) is 0.784. The molecule has 5 heteroatoms. The Balaban J connectivity index is 2.47. The Morgan fingerprint density at radius 3 is 2.53 bits per heavy atom. The van der Waals surface area contributed by atoms with Crippen molar-refractivity contribution in [2.75, 3.05) is 18.4 Å². The van der Waals surface area contributed by atoms with E-state index in [1.54, 1.807) is 6.20 Å². The molecule has 5 nitrogen and oxygen atoms in total. The molecule has 0 aliphatic heterocycles. The van der Waals surface area contributed by atoms with Gasteiger partial charge in [0.05, 0.1) is 0 Å². The van der Waals surface area contributed by atoms with Crippen molar-refractivity contribution in [2.45, 2.75) is 39.8 Å². The number of aromatic nitrogens is 2. The third kappa shape index (κ3) is 4.19. The van der Waals surface area contributed by atoms with Crippen molar-refractivity contribution in [3.63, 3.8) is 0 Å². The van der Waals surface area contributed by atoms with Crippen LogP contribution in [0.1, 0.15) is 27.7 Å². The monoisotopic (exact) mass is 238 g/mol. The molecule has 1 aromatic rings. The first-order valence-corrected chi connectivity index (χ1v) is 6.05. The molecular formula is C12H22N4O. The summed E-state index contributed by atoms with van der Waals surface area (Å²) in [4.78, 5) is 20.3. The Kier molecular flexibility index (Phi) is 5.15. The number of anilines is 1. The summed E-state index contributed by atoms with van der Waals surface area (Å²) in [5.74, 6) is 0.389. The maximum absolute atomic E-state index is 11.4. The molecule has 0 aliphatic rings. The first-order chi connectivity index (χ1) is 8.02. The van der Waals surface area contributed by atoms with Gasteiger partial charge in [-0.3, -0.25) is 9.69 Å². The van der Waals surface area contributed by atoms with Gasteiger partial charge < -0.3 is 10.3 Å². The molecule has 1 rings (SSSR count). The largest absolute Gasteiger partial charge is 0.364 e. The second-order valence-corrected chi connectivity index (χ2v) is 4.62. The second-order valence-electron chi connectivity index (χ2n) is 4.62. The van der Waals surface area contributed by atoms with Crippen LogP contribution in [0.15, 0.2) is 17.2 Å². The van der Waals surface area contributed by atoms with E-state index in [9.17, 15) is 4.79 Å². The van der Waals surface area contributed by atoms with Crippen molar-refractivity contribution in [1.82, 2.24) is 14.9 Å². The summed E-state index contributed by atoms with van der Waals surface area (Å²) in [7, 11) is 0. The maximum Gasteiger partial charge on any atom is 0.290 e. The van der Waals surface area contributed by atoms with E-state index in [0.717, 1.165) is 13.1 Å². The number of hydrogen-bond acceptors (Lipinski definition) is 4. The van der Waals surface area contributed by atoms with E-state index in [0.29, 0.717) is 17.9 Å². The lowest BCUT2D eigenvalue weighted by Crippen LogP contribution is -2.40. The number of H-pyrrole nitrogens is 1. The predicted molar refractivity (Wildman–Crippen MR) is 70.3 cm³/mol. The minimum atomic E-state index is -0.173. The van der Waals surface area contributed by atoms with Crippen LogP contribution in [0.3, 0.4) is 0 Å². The SMILES string of the molecule is CC(C)N(CCNc1ncc[nH]c1=O)C(C)C. The standard InChI is InChI=1S/C12H22N4O/c1-9(2)16(10(3)4)8-7-14-11-12(17)15-6-5-13-11/h5-6,9-10H,7-8H2,1-4H3,(H,13,14)(H,15,17). The van der Waals surface area contributed by atoms with E-state index in [1.807, 2.05) is 0 Å². The maximum atomic E-state index is 11.4. The van der Waals surface area contributed by atoms with Gasteiger partial charge in [-0.05, 0) is 27.7 Å². The molecule has 0 saturated carbocycles. The highest BCUT2D eigenvalue weighted by atomic mass is 16.1. The molecule has 96 valence electrons. The third-order valence-electron chi connectivity index (χ3n) is 2.70. The van der Waals surface area contributed by atoms with Crippen LogP contribution >= 0.6 is 0 Å². The zero-order chi connectivity index (χ0) is 12.8. The average Bonchev–Trinajstić information content (AvgIpc) is 2.25. The van der Waals surface area contributed by atoms with Crippen LogP contribution in [0.25, 0.3) is 0 Å². The minimum absolute atomic E-state index is 0.173. The van der Waals surface area contributed by atoms with Gasteiger partial charge in [-0.25, -0.2) is 4.98 Å². The molecule has 0 aliphatic carbocycles. The summed E-state index contributed by atoms with van der Waals surface area (Å²) >= 11 is 0. The van der Waals surface area contributed by atoms with Gasteiger partial charge in [0.2, 0.25) is 0 Å². The van der Waals surface area contributed by atoms with Crippen molar-refractivity contribution in [3.05, 3.63) is 22.7 Å².